The average molecular weight is 290 g/mol. The molecule has 6 heteroatoms. The summed E-state index contributed by atoms with van der Waals surface area (Å²) in [5.74, 6) is 0.741. The fourth-order valence-electron chi connectivity index (χ4n) is 2.02. The molecule has 0 fully saturated rings. The van der Waals surface area contributed by atoms with Crippen molar-refractivity contribution in [3.05, 3.63) is 24.2 Å². The normalized spacial score (nSPS) is 15.4. The van der Waals surface area contributed by atoms with Gasteiger partial charge in [-0.05, 0) is 32.8 Å². The fraction of sp³-hybridized carbons (Fsp3) is 0.533. The lowest BCUT2D eigenvalue weighted by Gasteiger charge is -2.29. The van der Waals surface area contributed by atoms with Gasteiger partial charge in [-0.2, -0.15) is 0 Å². The molecule has 1 aliphatic heterocycles. The molecule has 0 spiro atoms. The first-order chi connectivity index (χ1) is 9.89. The smallest absolute Gasteiger partial charge is 0.410 e. The van der Waals surface area contributed by atoms with Crippen molar-refractivity contribution in [2.45, 2.75) is 32.8 Å². The van der Waals surface area contributed by atoms with Crippen LogP contribution in [-0.2, 0) is 4.74 Å². The molecule has 0 radical (unpaired) electrons. The molecule has 1 aromatic heterocycles. The largest absolute Gasteiger partial charge is 0.444 e. The molecule has 0 aliphatic carbocycles. The molecule has 1 amide bonds. The lowest BCUT2D eigenvalue weighted by molar-refractivity contribution is 0.0270. The molecule has 21 heavy (non-hydrogen) atoms. The minimum atomic E-state index is -0.463. The third kappa shape index (κ3) is 4.18. The van der Waals surface area contributed by atoms with Gasteiger partial charge in [0.05, 0.1) is 18.1 Å². The Labute approximate surface area is 125 Å². The molecule has 1 aromatic rings. The van der Waals surface area contributed by atoms with E-state index >= 15 is 0 Å². The van der Waals surface area contributed by atoms with Crippen LogP contribution in [0.2, 0.25) is 0 Å². The van der Waals surface area contributed by atoms with Crippen LogP contribution in [0, 0.1) is 0 Å². The number of ether oxygens (including phenoxy) is 1. The van der Waals surface area contributed by atoms with Gasteiger partial charge < -0.3 is 15.0 Å². The second-order valence-electron chi connectivity index (χ2n) is 5.94. The number of hydrogen-bond acceptors (Lipinski definition) is 5. The molecular formula is C15H22N4O2. The lowest BCUT2D eigenvalue weighted by Crippen LogP contribution is -2.39. The molecule has 0 bridgehead atoms. The van der Waals surface area contributed by atoms with Gasteiger partial charge in [-0.25, -0.2) is 9.78 Å². The SMILES string of the molecule is CNc1cnc(C2=CCN(C(=O)OC(C)(C)C)CC2)cn1. The molecule has 0 unspecified atom stereocenters. The predicted octanol–water partition coefficient (Wildman–Crippen LogP) is 2.54. The summed E-state index contributed by atoms with van der Waals surface area (Å²) in [5, 5.41) is 2.94. The molecule has 6 nitrogen and oxygen atoms in total. The van der Waals surface area contributed by atoms with Crippen molar-refractivity contribution in [3.63, 3.8) is 0 Å². The van der Waals surface area contributed by atoms with Crippen LogP contribution >= 0.6 is 0 Å². The summed E-state index contributed by atoms with van der Waals surface area (Å²) in [6.07, 6.45) is 5.95. The molecule has 0 aromatic carbocycles. The molecule has 114 valence electrons. The maximum Gasteiger partial charge on any atom is 0.410 e. The van der Waals surface area contributed by atoms with Crippen LogP contribution in [0.15, 0.2) is 18.5 Å². The third-order valence-corrected chi connectivity index (χ3v) is 3.10. The van der Waals surface area contributed by atoms with Crippen molar-refractivity contribution < 1.29 is 9.53 Å². The van der Waals surface area contributed by atoms with Crippen molar-refractivity contribution in [3.8, 4) is 0 Å². The van der Waals surface area contributed by atoms with E-state index in [4.69, 9.17) is 4.74 Å². The van der Waals surface area contributed by atoms with Crippen molar-refractivity contribution in [1.82, 2.24) is 14.9 Å². The Kier molecular flexibility index (Phi) is 4.45. The first kappa shape index (κ1) is 15.3. The monoisotopic (exact) mass is 290 g/mol. The molecule has 0 saturated heterocycles. The number of amides is 1. The highest BCUT2D eigenvalue weighted by Gasteiger charge is 2.24. The minimum absolute atomic E-state index is 0.269. The van der Waals surface area contributed by atoms with Gasteiger partial charge in [0.1, 0.15) is 11.4 Å². The molecule has 0 saturated carbocycles. The van der Waals surface area contributed by atoms with Crippen molar-refractivity contribution >= 4 is 17.5 Å². The number of aromatic nitrogens is 2. The summed E-state index contributed by atoms with van der Waals surface area (Å²) in [5.41, 5.74) is 1.51. The van der Waals surface area contributed by atoms with Gasteiger partial charge in [-0.3, -0.25) is 4.98 Å². The molecule has 2 heterocycles. The highest BCUT2D eigenvalue weighted by atomic mass is 16.6. The quantitative estimate of drug-likeness (QED) is 0.906. The Morgan fingerprint density at radius 3 is 2.57 bits per heavy atom. The number of nitrogens with zero attached hydrogens (tertiary/aromatic N) is 3. The zero-order chi connectivity index (χ0) is 15.5. The number of carbonyl (C=O) groups is 1. The van der Waals surface area contributed by atoms with Gasteiger partial charge >= 0.3 is 6.09 Å². The zero-order valence-corrected chi connectivity index (χ0v) is 13.0. The van der Waals surface area contributed by atoms with E-state index in [9.17, 15) is 4.79 Å². The van der Waals surface area contributed by atoms with E-state index in [-0.39, 0.29) is 6.09 Å². The van der Waals surface area contributed by atoms with Crippen molar-refractivity contribution in [1.29, 1.82) is 0 Å². The number of nitrogens with one attached hydrogen (secondary N) is 1. The molecule has 1 aliphatic rings. The zero-order valence-electron chi connectivity index (χ0n) is 13.0. The van der Waals surface area contributed by atoms with Crippen LogP contribution in [0.5, 0.6) is 0 Å². The second kappa shape index (κ2) is 6.11. The predicted molar refractivity (Wildman–Crippen MR) is 82.0 cm³/mol. The van der Waals surface area contributed by atoms with Crippen molar-refractivity contribution in [2.24, 2.45) is 0 Å². The maximum atomic E-state index is 12.0. The number of rotatable bonds is 2. The highest BCUT2D eigenvalue weighted by Crippen LogP contribution is 2.21. The van der Waals surface area contributed by atoms with Crippen LogP contribution in [0.1, 0.15) is 32.9 Å². The molecule has 1 N–H and O–H groups in total. The Balaban J connectivity index is 1.99. The first-order valence-electron chi connectivity index (χ1n) is 7.06. The van der Waals surface area contributed by atoms with E-state index in [0.29, 0.717) is 13.1 Å². The van der Waals surface area contributed by atoms with Crippen LogP contribution in [0.4, 0.5) is 10.6 Å². The van der Waals surface area contributed by atoms with Gasteiger partial charge in [0, 0.05) is 20.1 Å². The third-order valence-electron chi connectivity index (χ3n) is 3.10. The Morgan fingerprint density at radius 1 is 1.33 bits per heavy atom. The van der Waals surface area contributed by atoms with Gasteiger partial charge in [-0.1, -0.05) is 6.08 Å². The van der Waals surface area contributed by atoms with Crippen LogP contribution < -0.4 is 5.32 Å². The van der Waals surface area contributed by atoms with Crippen molar-refractivity contribution in [2.75, 3.05) is 25.5 Å². The van der Waals surface area contributed by atoms with Crippen LogP contribution in [0.25, 0.3) is 5.57 Å². The lowest BCUT2D eigenvalue weighted by atomic mass is 10.1. The fourth-order valence-corrected chi connectivity index (χ4v) is 2.02. The summed E-state index contributed by atoms with van der Waals surface area (Å²) in [6.45, 7) is 6.79. The maximum absolute atomic E-state index is 12.0. The molecule has 0 atom stereocenters. The van der Waals surface area contributed by atoms with Crippen LogP contribution in [-0.4, -0.2) is 46.7 Å². The summed E-state index contributed by atoms with van der Waals surface area (Å²) in [7, 11) is 1.81. The summed E-state index contributed by atoms with van der Waals surface area (Å²) in [6, 6.07) is 0. The van der Waals surface area contributed by atoms with Gasteiger partial charge in [0.15, 0.2) is 0 Å². The Hall–Kier alpha value is -2.11. The highest BCUT2D eigenvalue weighted by molar-refractivity contribution is 5.71. The Morgan fingerprint density at radius 2 is 2.10 bits per heavy atom. The van der Waals surface area contributed by atoms with Gasteiger partial charge in [-0.15, -0.1) is 0 Å². The van der Waals surface area contributed by atoms with E-state index in [0.717, 1.165) is 23.5 Å². The summed E-state index contributed by atoms with van der Waals surface area (Å²) in [4.78, 5) is 22.3. The molecule has 2 rings (SSSR count). The number of anilines is 1. The Bertz CT molecular complexity index is 532. The van der Waals surface area contributed by atoms with Gasteiger partial charge in [0.25, 0.3) is 0 Å². The van der Waals surface area contributed by atoms with Crippen LogP contribution in [0.3, 0.4) is 0 Å². The second-order valence-corrected chi connectivity index (χ2v) is 5.94. The van der Waals surface area contributed by atoms with Gasteiger partial charge in [0.2, 0.25) is 0 Å². The molecular weight excluding hydrogens is 268 g/mol. The topological polar surface area (TPSA) is 67.4 Å². The number of hydrogen-bond donors (Lipinski definition) is 1. The van der Waals surface area contributed by atoms with E-state index in [1.54, 1.807) is 17.3 Å². The first-order valence-corrected chi connectivity index (χ1v) is 7.06. The summed E-state index contributed by atoms with van der Waals surface area (Å²) >= 11 is 0. The van der Waals surface area contributed by atoms with E-state index < -0.39 is 5.60 Å². The van der Waals surface area contributed by atoms with E-state index in [1.807, 2.05) is 33.9 Å². The average Bonchev–Trinajstić information content (AvgIpc) is 2.46. The number of carbonyl (C=O) groups excluding carboxylic acids is 1. The standard InChI is InChI=1S/C15H22N4O2/c1-15(2,3)21-14(20)19-7-5-11(6-8-19)12-9-18-13(16-4)10-17-12/h5,9-10H,6-8H2,1-4H3,(H,16,18). The minimum Gasteiger partial charge on any atom is -0.444 e. The van der Waals surface area contributed by atoms with E-state index in [2.05, 4.69) is 15.3 Å². The van der Waals surface area contributed by atoms with E-state index in [1.165, 1.54) is 0 Å². The summed E-state index contributed by atoms with van der Waals surface area (Å²) < 4.78 is 5.37.